The monoisotopic (exact) mass is 406 g/mol. The van der Waals surface area contributed by atoms with Gasteiger partial charge in [-0.2, -0.15) is 0 Å². The van der Waals surface area contributed by atoms with Crippen LogP contribution in [0.25, 0.3) is 27.5 Å². The molecule has 0 radical (unpaired) electrons. The quantitative estimate of drug-likeness (QED) is 0.417. The van der Waals surface area contributed by atoms with Crippen molar-refractivity contribution in [3.8, 4) is 5.69 Å². The molecule has 1 amide bonds. The summed E-state index contributed by atoms with van der Waals surface area (Å²) in [7, 11) is 0. The third-order valence-electron chi connectivity index (χ3n) is 5.58. The molecule has 5 rings (SSSR count). The van der Waals surface area contributed by atoms with Crippen molar-refractivity contribution >= 4 is 33.4 Å². The van der Waals surface area contributed by atoms with Crippen LogP contribution in [0, 0.1) is 6.92 Å². The number of hydrogen-bond donors (Lipinski definition) is 1. The van der Waals surface area contributed by atoms with E-state index in [1.54, 1.807) is 4.80 Å². The Labute approximate surface area is 180 Å². The number of benzene rings is 4. The van der Waals surface area contributed by atoms with Gasteiger partial charge in [0, 0.05) is 16.6 Å². The van der Waals surface area contributed by atoms with Gasteiger partial charge in [0.25, 0.3) is 5.91 Å². The number of fused-ring (bicyclic) bond motifs is 2. The van der Waals surface area contributed by atoms with E-state index in [0.29, 0.717) is 5.56 Å². The molecule has 1 N–H and O–H groups in total. The highest BCUT2D eigenvalue weighted by Gasteiger charge is 2.13. The van der Waals surface area contributed by atoms with Gasteiger partial charge in [0.1, 0.15) is 11.0 Å². The van der Waals surface area contributed by atoms with Crippen LogP contribution in [-0.2, 0) is 6.42 Å². The molecule has 1 heterocycles. The van der Waals surface area contributed by atoms with E-state index in [-0.39, 0.29) is 5.91 Å². The first-order valence-corrected chi connectivity index (χ1v) is 10.4. The van der Waals surface area contributed by atoms with Crippen molar-refractivity contribution in [1.82, 2.24) is 15.0 Å². The van der Waals surface area contributed by atoms with Crippen LogP contribution in [0.4, 0.5) is 5.69 Å². The third-order valence-corrected chi connectivity index (χ3v) is 5.58. The minimum atomic E-state index is -0.133. The highest BCUT2D eigenvalue weighted by atomic mass is 16.1. The number of anilines is 1. The summed E-state index contributed by atoms with van der Waals surface area (Å²) in [6, 6.07) is 25.8. The lowest BCUT2D eigenvalue weighted by Crippen LogP contribution is -2.12. The van der Waals surface area contributed by atoms with E-state index in [1.807, 2.05) is 67.6 Å². The topological polar surface area (TPSA) is 59.8 Å². The molecule has 0 aliphatic carbocycles. The second-order valence-corrected chi connectivity index (χ2v) is 7.65. The molecule has 5 nitrogen and oxygen atoms in total. The van der Waals surface area contributed by atoms with Crippen LogP contribution in [0.1, 0.15) is 28.4 Å². The van der Waals surface area contributed by atoms with Crippen molar-refractivity contribution in [2.24, 2.45) is 0 Å². The molecule has 0 spiro atoms. The predicted molar refractivity (Wildman–Crippen MR) is 125 cm³/mol. The summed E-state index contributed by atoms with van der Waals surface area (Å²) in [6.07, 6.45) is 0.948. The van der Waals surface area contributed by atoms with E-state index in [2.05, 4.69) is 35.5 Å². The molecule has 0 saturated heterocycles. The Hall–Kier alpha value is -3.99. The molecular formula is C26H22N4O. The van der Waals surface area contributed by atoms with Crippen molar-refractivity contribution in [3.05, 3.63) is 95.6 Å². The maximum Gasteiger partial charge on any atom is 0.255 e. The van der Waals surface area contributed by atoms with Crippen LogP contribution in [0.15, 0.2) is 78.9 Å². The molecule has 0 aliphatic heterocycles. The molecule has 0 fully saturated rings. The van der Waals surface area contributed by atoms with Gasteiger partial charge in [0.2, 0.25) is 0 Å². The van der Waals surface area contributed by atoms with Crippen LogP contribution in [0.2, 0.25) is 0 Å². The minimum Gasteiger partial charge on any atom is -0.322 e. The van der Waals surface area contributed by atoms with E-state index < -0.39 is 0 Å². The summed E-state index contributed by atoms with van der Waals surface area (Å²) < 4.78 is 0. The Balaban J connectivity index is 1.50. The van der Waals surface area contributed by atoms with Gasteiger partial charge in [0.05, 0.1) is 5.69 Å². The summed E-state index contributed by atoms with van der Waals surface area (Å²) in [5.74, 6) is -0.133. The Bertz CT molecular complexity index is 1410. The molecule has 5 aromatic rings. The number of carbonyl (C=O) groups is 1. The molecule has 0 unspecified atom stereocenters. The van der Waals surface area contributed by atoms with Gasteiger partial charge in [-0.15, -0.1) is 15.0 Å². The van der Waals surface area contributed by atoms with Crippen molar-refractivity contribution < 1.29 is 4.79 Å². The molecule has 5 heteroatoms. The lowest BCUT2D eigenvalue weighted by Gasteiger charge is -2.08. The van der Waals surface area contributed by atoms with Gasteiger partial charge in [-0.25, -0.2) is 0 Å². The highest BCUT2D eigenvalue weighted by molar-refractivity contribution is 6.05. The molecule has 0 bridgehead atoms. The van der Waals surface area contributed by atoms with Crippen molar-refractivity contribution in [3.63, 3.8) is 0 Å². The first-order chi connectivity index (χ1) is 15.1. The SMILES string of the molecule is CCc1ccc(C(=O)Nc2cc3nn(-c4cccc5ccccc45)nc3cc2C)cc1. The third kappa shape index (κ3) is 3.55. The number of carbonyl (C=O) groups excluding carboxylic acids is 1. The van der Waals surface area contributed by atoms with E-state index in [0.717, 1.165) is 45.2 Å². The first kappa shape index (κ1) is 19.0. The molecule has 152 valence electrons. The predicted octanol–water partition coefficient (Wildman–Crippen LogP) is 5.70. The number of rotatable bonds is 4. The zero-order valence-corrected chi connectivity index (χ0v) is 17.5. The van der Waals surface area contributed by atoms with Gasteiger partial charge in [-0.1, -0.05) is 55.5 Å². The normalized spacial score (nSPS) is 11.2. The average molecular weight is 406 g/mol. The number of nitrogens with zero attached hydrogens (tertiary/aromatic N) is 3. The Kier molecular flexibility index (Phi) is 4.71. The zero-order chi connectivity index (χ0) is 21.4. The molecule has 0 saturated carbocycles. The fourth-order valence-corrected chi connectivity index (χ4v) is 3.78. The zero-order valence-electron chi connectivity index (χ0n) is 17.5. The van der Waals surface area contributed by atoms with Gasteiger partial charge in [-0.05, 0) is 60.2 Å². The summed E-state index contributed by atoms with van der Waals surface area (Å²) in [5.41, 5.74) is 5.97. The van der Waals surface area contributed by atoms with Crippen LogP contribution in [0.5, 0.6) is 0 Å². The largest absolute Gasteiger partial charge is 0.322 e. The fraction of sp³-hybridized carbons (Fsp3) is 0.115. The Morgan fingerprint density at radius 1 is 0.903 bits per heavy atom. The minimum absolute atomic E-state index is 0.133. The number of hydrogen-bond acceptors (Lipinski definition) is 3. The molecule has 31 heavy (non-hydrogen) atoms. The maximum atomic E-state index is 12.7. The molecule has 0 atom stereocenters. The second-order valence-electron chi connectivity index (χ2n) is 7.65. The maximum absolute atomic E-state index is 12.7. The van der Waals surface area contributed by atoms with Crippen LogP contribution in [-0.4, -0.2) is 20.9 Å². The van der Waals surface area contributed by atoms with Crippen LogP contribution in [0.3, 0.4) is 0 Å². The lowest BCUT2D eigenvalue weighted by molar-refractivity contribution is 0.102. The summed E-state index contributed by atoms with van der Waals surface area (Å²) in [6.45, 7) is 4.06. The van der Waals surface area contributed by atoms with Gasteiger partial charge in [-0.3, -0.25) is 4.79 Å². The second kappa shape index (κ2) is 7.69. The molecular weight excluding hydrogens is 384 g/mol. The van der Waals surface area contributed by atoms with Crippen molar-refractivity contribution in [2.45, 2.75) is 20.3 Å². The standard InChI is InChI=1S/C26H22N4O/c1-3-18-11-13-20(14-12-18)26(31)27-22-16-24-23(15-17(22)2)28-30(29-24)25-10-6-8-19-7-4-5-9-21(19)25/h4-16H,3H2,1-2H3,(H,27,31). The number of amides is 1. The Morgan fingerprint density at radius 3 is 2.39 bits per heavy atom. The van der Waals surface area contributed by atoms with E-state index in [9.17, 15) is 4.79 Å². The van der Waals surface area contributed by atoms with Crippen LogP contribution < -0.4 is 5.32 Å². The molecule has 4 aromatic carbocycles. The average Bonchev–Trinajstić information content (AvgIpc) is 3.21. The van der Waals surface area contributed by atoms with Gasteiger partial charge < -0.3 is 5.32 Å². The smallest absolute Gasteiger partial charge is 0.255 e. The van der Waals surface area contributed by atoms with Crippen molar-refractivity contribution in [2.75, 3.05) is 5.32 Å². The summed E-state index contributed by atoms with van der Waals surface area (Å²) in [4.78, 5) is 14.4. The van der Waals surface area contributed by atoms with Crippen molar-refractivity contribution in [1.29, 1.82) is 0 Å². The van der Waals surface area contributed by atoms with E-state index in [4.69, 9.17) is 5.10 Å². The summed E-state index contributed by atoms with van der Waals surface area (Å²) >= 11 is 0. The number of nitrogens with one attached hydrogen (secondary N) is 1. The summed E-state index contributed by atoms with van der Waals surface area (Å²) in [5, 5.41) is 14.6. The number of aromatic nitrogens is 3. The first-order valence-electron chi connectivity index (χ1n) is 10.4. The van der Waals surface area contributed by atoms with Gasteiger partial charge >= 0.3 is 0 Å². The van der Waals surface area contributed by atoms with Crippen LogP contribution >= 0.6 is 0 Å². The fourth-order valence-electron chi connectivity index (χ4n) is 3.78. The lowest BCUT2D eigenvalue weighted by atomic mass is 10.1. The number of aryl methyl sites for hydroxylation is 2. The van der Waals surface area contributed by atoms with Gasteiger partial charge in [0.15, 0.2) is 0 Å². The Morgan fingerprint density at radius 2 is 1.61 bits per heavy atom. The van der Waals surface area contributed by atoms with E-state index in [1.165, 1.54) is 5.56 Å². The van der Waals surface area contributed by atoms with E-state index >= 15 is 0 Å². The molecule has 1 aromatic heterocycles. The molecule has 0 aliphatic rings. The highest BCUT2D eigenvalue weighted by Crippen LogP contribution is 2.25.